The Balaban J connectivity index is 1.11. The molecule has 1 aliphatic carbocycles. The van der Waals surface area contributed by atoms with Gasteiger partial charge < -0.3 is 28.9 Å². The van der Waals surface area contributed by atoms with Gasteiger partial charge in [-0.15, -0.1) is 0 Å². The maximum Gasteiger partial charge on any atom is 0.414 e. The van der Waals surface area contributed by atoms with Gasteiger partial charge in [0.05, 0.1) is 17.6 Å². The molecule has 12 nitrogen and oxygen atoms in total. The number of piperazine rings is 1. The lowest BCUT2D eigenvalue weighted by Gasteiger charge is -2.35. The number of benzene rings is 1. The molecule has 41 heavy (non-hydrogen) atoms. The molecule has 0 atom stereocenters. The summed E-state index contributed by atoms with van der Waals surface area (Å²) in [5.74, 6) is -3.37. The van der Waals surface area contributed by atoms with Crippen LogP contribution in [0.1, 0.15) is 29.2 Å². The number of halogens is 2. The molecule has 3 aromatic rings. The molecular weight excluding hydrogens is 544 g/mol. The molecule has 0 bridgehead atoms. The Kier molecular flexibility index (Phi) is 6.67. The minimum atomic E-state index is -1.38. The summed E-state index contributed by atoms with van der Waals surface area (Å²) < 4.78 is 41.6. The van der Waals surface area contributed by atoms with Crippen LogP contribution in [0.4, 0.5) is 25.1 Å². The highest BCUT2D eigenvalue weighted by Gasteiger charge is 2.30. The Labute approximate surface area is 231 Å². The molecule has 2 aromatic heterocycles. The summed E-state index contributed by atoms with van der Waals surface area (Å²) >= 11 is 0. The van der Waals surface area contributed by atoms with E-state index in [1.807, 2.05) is 0 Å². The molecular formula is C27H25F2N5O7. The number of nitrogens with zero attached hydrogens (tertiary/aromatic N) is 5. The van der Waals surface area contributed by atoms with Crippen molar-refractivity contribution in [2.45, 2.75) is 18.9 Å². The zero-order valence-corrected chi connectivity index (χ0v) is 21.7. The fourth-order valence-electron chi connectivity index (χ4n) is 5.04. The van der Waals surface area contributed by atoms with E-state index in [2.05, 4.69) is 4.98 Å². The second-order valence-electron chi connectivity index (χ2n) is 10.0. The molecule has 2 aliphatic heterocycles. The Hall–Kier alpha value is -4.75. The lowest BCUT2D eigenvalue weighted by Crippen LogP contribution is -2.50. The first kappa shape index (κ1) is 26.5. The minimum absolute atomic E-state index is 0.00533. The summed E-state index contributed by atoms with van der Waals surface area (Å²) in [6, 6.07) is 5.01. The third kappa shape index (κ3) is 5.00. The van der Waals surface area contributed by atoms with Crippen LogP contribution < -0.4 is 20.0 Å². The first-order valence-corrected chi connectivity index (χ1v) is 13.1. The monoisotopic (exact) mass is 569 g/mol. The molecule has 214 valence electrons. The number of carboxylic acid groups (broad SMARTS) is 1. The number of pyridine rings is 2. The van der Waals surface area contributed by atoms with Crippen LogP contribution in [0.5, 0.6) is 5.75 Å². The molecule has 2 amide bonds. The summed E-state index contributed by atoms with van der Waals surface area (Å²) in [5.41, 5.74) is -0.673. The van der Waals surface area contributed by atoms with E-state index in [-0.39, 0.29) is 67.3 Å². The van der Waals surface area contributed by atoms with Crippen molar-refractivity contribution in [2.24, 2.45) is 0 Å². The molecule has 3 aliphatic rings. The Morgan fingerprint density at radius 2 is 1.80 bits per heavy atom. The maximum atomic E-state index is 15.2. The Morgan fingerprint density at radius 1 is 1.05 bits per heavy atom. The van der Waals surface area contributed by atoms with Crippen LogP contribution in [0.3, 0.4) is 0 Å². The van der Waals surface area contributed by atoms with Gasteiger partial charge in [0, 0.05) is 44.5 Å². The maximum absolute atomic E-state index is 15.2. The Bertz CT molecular complexity index is 1630. The number of anilines is 2. The van der Waals surface area contributed by atoms with Crippen LogP contribution in [-0.4, -0.2) is 83.5 Å². The number of aromatic nitrogens is 2. The predicted octanol–water partition coefficient (Wildman–Crippen LogP) is 2.39. The van der Waals surface area contributed by atoms with Gasteiger partial charge in [0.1, 0.15) is 17.8 Å². The van der Waals surface area contributed by atoms with E-state index in [4.69, 9.17) is 9.47 Å². The van der Waals surface area contributed by atoms with E-state index in [0.717, 1.165) is 25.0 Å². The quantitative estimate of drug-likeness (QED) is 0.455. The van der Waals surface area contributed by atoms with Crippen molar-refractivity contribution >= 4 is 40.5 Å². The highest BCUT2D eigenvalue weighted by molar-refractivity contribution is 5.92. The number of aromatic carboxylic acids is 1. The van der Waals surface area contributed by atoms with Crippen LogP contribution >= 0.6 is 0 Å². The van der Waals surface area contributed by atoms with Gasteiger partial charge in [0.2, 0.25) is 5.43 Å². The van der Waals surface area contributed by atoms with Gasteiger partial charge in [-0.2, -0.15) is 0 Å². The number of carbonyl (C=O) groups excluding carboxylic acids is 2. The second-order valence-corrected chi connectivity index (χ2v) is 10.0. The summed E-state index contributed by atoms with van der Waals surface area (Å²) in [5, 5.41) is 9.32. The van der Waals surface area contributed by atoms with Crippen LogP contribution in [0.25, 0.3) is 11.0 Å². The summed E-state index contributed by atoms with van der Waals surface area (Å²) in [7, 11) is 0. The van der Waals surface area contributed by atoms with Crippen molar-refractivity contribution in [3.05, 3.63) is 57.9 Å². The van der Waals surface area contributed by atoms with E-state index >= 15 is 4.39 Å². The van der Waals surface area contributed by atoms with E-state index in [0.29, 0.717) is 12.2 Å². The van der Waals surface area contributed by atoms with Crippen molar-refractivity contribution in [1.29, 1.82) is 0 Å². The highest BCUT2D eigenvalue weighted by atomic mass is 19.1. The molecule has 1 saturated carbocycles. The number of rotatable bonds is 7. The van der Waals surface area contributed by atoms with Crippen LogP contribution in [0, 0.1) is 11.6 Å². The molecule has 1 N–H and O–H groups in total. The number of hydrogen-bond acceptors (Lipinski definition) is 8. The lowest BCUT2D eigenvalue weighted by atomic mass is 10.1. The molecule has 14 heteroatoms. The zero-order chi connectivity index (χ0) is 28.8. The van der Waals surface area contributed by atoms with Gasteiger partial charge >= 0.3 is 12.1 Å². The van der Waals surface area contributed by atoms with Gasteiger partial charge in [-0.1, -0.05) is 0 Å². The first-order valence-electron chi connectivity index (χ1n) is 13.1. The molecule has 0 radical (unpaired) electrons. The zero-order valence-electron chi connectivity index (χ0n) is 21.7. The minimum Gasteiger partial charge on any atom is -0.481 e. The van der Waals surface area contributed by atoms with Crippen molar-refractivity contribution in [3.8, 4) is 5.75 Å². The van der Waals surface area contributed by atoms with Crippen molar-refractivity contribution < 1.29 is 37.7 Å². The van der Waals surface area contributed by atoms with Gasteiger partial charge in [-0.25, -0.2) is 23.4 Å². The topological polar surface area (TPSA) is 135 Å². The number of hydrogen-bond donors (Lipinski definition) is 1. The Morgan fingerprint density at radius 3 is 2.44 bits per heavy atom. The summed E-state index contributed by atoms with van der Waals surface area (Å²) in [4.78, 5) is 57.6. The summed E-state index contributed by atoms with van der Waals surface area (Å²) in [6.07, 6.45) is 2.31. The molecule has 1 aromatic carbocycles. The fraction of sp³-hybridized carbons (Fsp3) is 0.370. The van der Waals surface area contributed by atoms with Gasteiger partial charge in [0.15, 0.2) is 29.8 Å². The number of carbonyl (C=O) groups is 3. The van der Waals surface area contributed by atoms with Gasteiger partial charge in [-0.3, -0.25) is 14.5 Å². The molecule has 0 unspecified atom stereocenters. The first-order chi connectivity index (χ1) is 19.7. The molecule has 4 heterocycles. The molecule has 6 rings (SSSR count). The van der Waals surface area contributed by atoms with Crippen molar-refractivity contribution in [2.75, 3.05) is 55.7 Å². The van der Waals surface area contributed by atoms with Crippen molar-refractivity contribution in [1.82, 2.24) is 14.5 Å². The average molecular weight is 570 g/mol. The number of amides is 2. The van der Waals surface area contributed by atoms with Gasteiger partial charge in [-0.05, 0) is 31.0 Å². The van der Waals surface area contributed by atoms with E-state index in [9.17, 15) is 28.7 Å². The largest absolute Gasteiger partial charge is 0.481 e. The lowest BCUT2D eigenvalue weighted by molar-refractivity contribution is -0.133. The third-order valence-corrected chi connectivity index (χ3v) is 7.38. The smallest absolute Gasteiger partial charge is 0.414 e. The highest BCUT2D eigenvalue weighted by Crippen LogP contribution is 2.37. The van der Waals surface area contributed by atoms with Crippen LogP contribution in [-0.2, 0) is 9.53 Å². The third-order valence-electron chi connectivity index (χ3n) is 7.38. The molecule has 0 spiro atoms. The normalized spacial score (nSPS) is 17.2. The van der Waals surface area contributed by atoms with Gasteiger partial charge in [0.25, 0.3) is 5.91 Å². The van der Waals surface area contributed by atoms with E-state index < -0.39 is 41.3 Å². The van der Waals surface area contributed by atoms with Crippen LogP contribution in [0.15, 0.2) is 35.3 Å². The predicted molar refractivity (Wildman–Crippen MR) is 141 cm³/mol. The van der Waals surface area contributed by atoms with Crippen LogP contribution in [0.2, 0.25) is 0 Å². The molecule has 2 saturated heterocycles. The number of cyclic esters (lactones) is 1. The number of carboxylic acids is 1. The number of fused-ring (bicyclic) bond motifs is 1. The standard InChI is InChI=1S/C27H25F2N5O7/c28-19-11-16(33-9-10-40-27(33)39)3-4-21(19)41-14-22(35)31-5-7-32(8-6-31)25-20(29)12-17-23(36)18(26(37)38)13-34(15-1-2-15)24(17)30-25/h3-4,11-13,15H,1-2,5-10,14H2,(H,37,38). The fourth-order valence-corrected chi connectivity index (χ4v) is 5.04. The van der Waals surface area contributed by atoms with E-state index in [1.165, 1.54) is 28.1 Å². The SMILES string of the molecule is O=C(O)c1cn(C2CC2)c2nc(N3CCN(C(=O)COc4ccc(N5CCOC5=O)cc4F)CC3)c(F)cc2c1=O. The van der Waals surface area contributed by atoms with Crippen molar-refractivity contribution in [3.63, 3.8) is 0 Å². The molecule has 3 fully saturated rings. The van der Waals surface area contributed by atoms with E-state index in [1.54, 1.807) is 9.47 Å². The summed E-state index contributed by atoms with van der Waals surface area (Å²) in [6.45, 7) is 1.07. The second kappa shape index (κ2) is 10.3. The number of ether oxygens (including phenoxy) is 2. The average Bonchev–Trinajstić information content (AvgIpc) is 3.71.